The number of likely N-dealkylation sites (tertiary alicyclic amines) is 1. The number of rotatable bonds is 9. The molecule has 7 nitrogen and oxygen atoms in total. The van der Waals surface area contributed by atoms with Crippen LogP contribution in [-0.2, 0) is 25.5 Å². The molecule has 2 aliphatic rings. The molecule has 7 heteroatoms. The Morgan fingerprint density at radius 1 is 1.16 bits per heavy atom. The van der Waals surface area contributed by atoms with Gasteiger partial charge in [0.1, 0.15) is 12.6 Å². The predicted octanol–water partition coefficient (Wildman–Crippen LogP) is 2.77. The minimum atomic E-state index is -0.996. The standard InChI is InChI=1S/C24H34N2O5/c1-2-31-24(30)20(15-14-17-8-4-3-5-9-17)25-19-12-6-10-18-11-7-13-21(18)26(23(19)29)16-22(27)28/h3-5,8-9,18-21,25H,2,6-7,10-16H2,1H3,(H,27,28)/t18?,19?,20-,21?/m0/s1. The van der Waals surface area contributed by atoms with E-state index in [2.05, 4.69) is 5.32 Å². The van der Waals surface area contributed by atoms with Crippen LogP contribution < -0.4 is 5.32 Å². The predicted molar refractivity (Wildman–Crippen MR) is 116 cm³/mol. The van der Waals surface area contributed by atoms with Crippen LogP contribution in [0.3, 0.4) is 0 Å². The Bertz CT molecular complexity index is 754. The lowest BCUT2D eigenvalue weighted by Crippen LogP contribution is -2.57. The van der Waals surface area contributed by atoms with Crippen molar-refractivity contribution in [2.75, 3.05) is 13.2 Å². The molecule has 1 aliphatic heterocycles. The summed E-state index contributed by atoms with van der Waals surface area (Å²) in [5.41, 5.74) is 1.11. The zero-order chi connectivity index (χ0) is 22.2. The third kappa shape index (κ3) is 6.29. The van der Waals surface area contributed by atoms with Gasteiger partial charge < -0.3 is 14.7 Å². The van der Waals surface area contributed by atoms with E-state index >= 15 is 0 Å². The van der Waals surface area contributed by atoms with Gasteiger partial charge in [-0.05, 0) is 56.9 Å². The lowest BCUT2D eigenvalue weighted by molar-refractivity contribution is -0.150. The first-order valence-electron chi connectivity index (χ1n) is 11.5. The summed E-state index contributed by atoms with van der Waals surface area (Å²) in [6.45, 7) is 1.75. The number of hydrogen-bond donors (Lipinski definition) is 2. The number of carbonyl (C=O) groups is 3. The zero-order valence-electron chi connectivity index (χ0n) is 18.3. The van der Waals surface area contributed by atoms with Gasteiger partial charge in [-0.3, -0.25) is 19.7 Å². The molecular weight excluding hydrogens is 396 g/mol. The van der Waals surface area contributed by atoms with Gasteiger partial charge in [-0.15, -0.1) is 0 Å². The van der Waals surface area contributed by atoms with E-state index in [4.69, 9.17) is 4.74 Å². The Kier molecular flexibility index (Phi) is 8.46. The molecular formula is C24H34N2O5. The van der Waals surface area contributed by atoms with Crippen LogP contribution in [0.4, 0.5) is 0 Å². The second-order valence-corrected chi connectivity index (χ2v) is 8.60. The van der Waals surface area contributed by atoms with Gasteiger partial charge in [0.25, 0.3) is 0 Å². The number of aryl methyl sites for hydroxylation is 1. The molecule has 0 radical (unpaired) electrons. The SMILES string of the molecule is CCOC(=O)[C@H](CCc1ccccc1)NC1CCCC2CCCC2N(CC(=O)O)C1=O. The summed E-state index contributed by atoms with van der Waals surface area (Å²) < 4.78 is 5.27. The number of nitrogens with zero attached hydrogens (tertiary/aromatic N) is 1. The van der Waals surface area contributed by atoms with Crippen LogP contribution in [0.2, 0.25) is 0 Å². The van der Waals surface area contributed by atoms with E-state index in [1.807, 2.05) is 30.3 Å². The van der Waals surface area contributed by atoms with Gasteiger partial charge in [0.05, 0.1) is 12.6 Å². The van der Waals surface area contributed by atoms with Crippen LogP contribution in [0.25, 0.3) is 0 Å². The molecule has 1 heterocycles. The number of aliphatic carboxylic acids is 1. The number of hydrogen-bond acceptors (Lipinski definition) is 5. The quantitative estimate of drug-likeness (QED) is 0.585. The fraction of sp³-hybridized carbons (Fsp3) is 0.625. The zero-order valence-corrected chi connectivity index (χ0v) is 18.3. The summed E-state index contributed by atoms with van der Waals surface area (Å²) >= 11 is 0. The van der Waals surface area contributed by atoms with Crippen molar-refractivity contribution in [1.29, 1.82) is 0 Å². The van der Waals surface area contributed by atoms with Crippen LogP contribution in [0, 0.1) is 5.92 Å². The van der Waals surface area contributed by atoms with Crippen molar-refractivity contribution in [2.45, 2.75) is 76.4 Å². The molecule has 170 valence electrons. The summed E-state index contributed by atoms with van der Waals surface area (Å²) in [6, 6.07) is 8.69. The van der Waals surface area contributed by atoms with Crippen LogP contribution in [-0.4, -0.2) is 59.1 Å². The van der Waals surface area contributed by atoms with Crippen LogP contribution in [0.5, 0.6) is 0 Å². The van der Waals surface area contributed by atoms with Gasteiger partial charge in [0.2, 0.25) is 5.91 Å². The fourth-order valence-corrected chi connectivity index (χ4v) is 5.04. The first-order chi connectivity index (χ1) is 15.0. The van der Waals surface area contributed by atoms with E-state index in [9.17, 15) is 19.5 Å². The van der Waals surface area contributed by atoms with E-state index in [1.54, 1.807) is 11.8 Å². The fourth-order valence-electron chi connectivity index (χ4n) is 5.04. The topological polar surface area (TPSA) is 95.9 Å². The number of amides is 1. The van der Waals surface area contributed by atoms with E-state index in [-0.39, 0.29) is 31.1 Å². The van der Waals surface area contributed by atoms with Crippen molar-refractivity contribution in [1.82, 2.24) is 10.2 Å². The van der Waals surface area contributed by atoms with Gasteiger partial charge >= 0.3 is 11.9 Å². The van der Waals surface area contributed by atoms with Crippen molar-refractivity contribution in [3.8, 4) is 0 Å². The first kappa shape index (κ1) is 23.3. The second kappa shape index (κ2) is 11.3. The number of carboxylic acids is 1. The molecule has 1 saturated heterocycles. The molecule has 2 fully saturated rings. The molecule has 1 amide bonds. The highest BCUT2D eigenvalue weighted by Crippen LogP contribution is 2.36. The molecule has 1 aromatic rings. The number of nitrogens with one attached hydrogen (secondary N) is 1. The Morgan fingerprint density at radius 2 is 1.87 bits per heavy atom. The summed E-state index contributed by atoms with van der Waals surface area (Å²) in [5.74, 6) is -1.18. The molecule has 3 rings (SSSR count). The van der Waals surface area contributed by atoms with Gasteiger partial charge in [-0.1, -0.05) is 43.2 Å². The molecule has 4 atom stereocenters. The average molecular weight is 431 g/mol. The molecule has 2 N–H and O–H groups in total. The summed E-state index contributed by atoms with van der Waals surface area (Å²) in [6.07, 6.45) is 6.60. The van der Waals surface area contributed by atoms with E-state index in [0.29, 0.717) is 25.2 Å². The summed E-state index contributed by atoms with van der Waals surface area (Å²) in [7, 11) is 0. The van der Waals surface area contributed by atoms with Crippen molar-refractivity contribution >= 4 is 17.8 Å². The minimum Gasteiger partial charge on any atom is -0.480 e. The Labute approximate surface area is 184 Å². The van der Waals surface area contributed by atoms with E-state index < -0.39 is 18.1 Å². The van der Waals surface area contributed by atoms with Crippen molar-refractivity contribution < 1.29 is 24.2 Å². The van der Waals surface area contributed by atoms with Gasteiger partial charge in [0, 0.05) is 6.04 Å². The van der Waals surface area contributed by atoms with Gasteiger partial charge in [-0.25, -0.2) is 0 Å². The molecule has 0 spiro atoms. The van der Waals surface area contributed by atoms with Gasteiger partial charge in [-0.2, -0.15) is 0 Å². The molecule has 1 saturated carbocycles. The highest BCUT2D eigenvalue weighted by Gasteiger charge is 2.40. The Hall–Kier alpha value is -2.41. The minimum absolute atomic E-state index is 0.0152. The lowest BCUT2D eigenvalue weighted by atomic mass is 9.90. The van der Waals surface area contributed by atoms with Crippen molar-refractivity contribution in [3.63, 3.8) is 0 Å². The molecule has 1 aliphatic carbocycles. The first-order valence-corrected chi connectivity index (χ1v) is 11.5. The highest BCUT2D eigenvalue weighted by molar-refractivity contribution is 5.87. The molecule has 0 aromatic heterocycles. The maximum absolute atomic E-state index is 13.4. The maximum atomic E-state index is 13.4. The number of benzene rings is 1. The molecule has 1 aromatic carbocycles. The summed E-state index contributed by atoms with van der Waals surface area (Å²) in [5, 5.41) is 12.7. The van der Waals surface area contributed by atoms with Crippen LogP contribution in [0.15, 0.2) is 30.3 Å². The van der Waals surface area contributed by atoms with E-state index in [1.165, 1.54) is 0 Å². The molecule has 0 bridgehead atoms. The smallest absolute Gasteiger partial charge is 0.323 e. The second-order valence-electron chi connectivity index (χ2n) is 8.60. The monoisotopic (exact) mass is 430 g/mol. The largest absolute Gasteiger partial charge is 0.480 e. The highest BCUT2D eigenvalue weighted by atomic mass is 16.5. The maximum Gasteiger partial charge on any atom is 0.323 e. The average Bonchev–Trinajstić information content (AvgIpc) is 3.21. The number of carboxylic acid groups (broad SMARTS) is 1. The summed E-state index contributed by atoms with van der Waals surface area (Å²) in [4.78, 5) is 39.1. The molecule has 31 heavy (non-hydrogen) atoms. The van der Waals surface area contributed by atoms with Crippen molar-refractivity contribution in [3.05, 3.63) is 35.9 Å². The van der Waals surface area contributed by atoms with E-state index in [0.717, 1.165) is 37.7 Å². The van der Waals surface area contributed by atoms with Crippen LogP contribution in [0.1, 0.15) is 57.4 Å². The Morgan fingerprint density at radius 3 is 2.55 bits per heavy atom. The Balaban J connectivity index is 1.74. The van der Waals surface area contributed by atoms with Crippen molar-refractivity contribution in [2.24, 2.45) is 5.92 Å². The lowest BCUT2D eigenvalue weighted by Gasteiger charge is -2.38. The molecule has 3 unspecified atom stereocenters. The third-order valence-electron chi connectivity index (χ3n) is 6.51. The number of carbonyl (C=O) groups excluding carboxylic acids is 2. The van der Waals surface area contributed by atoms with Gasteiger partial charge in [0.15, 0.2) is 0 Å². The number of esters is 1. The third-order valence-corrected chi connectivity index (χ3v) is 6.51. The normalized spacial score (nSPS) is 24.7. The number of fused-ring (bicyclic) bond motifs is 1. The number of ether oxygens (including phenoxy) is 1. The van der Waals surface area contributed by atoms with Crippen LogP contribution >= 0.6 is 0 Å².